The molecule has 0 unspecified atom stereocenters. The van der Waals surface area contributed by atoms with E-state index < -0.39 is 0 Å². The largest absolute Gasteiger partial charge is 0.389 e. The molecule has 0 radical (unpaired) electrons. The van der Waals surface area contributed by atoms with Gasteiger partial charge in [-0.15, -0.1) is 0 Å². The lowest BCUT2D eigenvalue weighted by Crippen LogP contribution is -2.36. The number of halogens is 1. The molecule has 1 heterocycles. The predicted octanol–water partition coefficient (Wildman–Crippen LogP) is 2.54. The highest BCUT2D eigenvalue weighted by Gasteiger charge is 2.09. The maximum Gasteiger partial charge on any atom is 0.105 e. The molecule has 1 fully saturated rings. The van der Waals surface area contributed by atoms with Gasteiger partial charge in [0.1, 0.15) is 4.99 Å². The predicted molar refractivity (Wildman–Crippen MR) is 92.3 cm³/mol. The van der Waals surface area contributed by atoms with E-state index in [1.54, 1.807) is 0 Å². The number of nitrogens with two attached hydrogens (primary N) is 1. The first-order valence-electron chi connectivity index (χ1n) is 6.30. The van der Waals surface area contributed by atoms with Gasteiger partial charge in [-0.1, -0.05) is 12.2 Å². The Morgan fingerprint density at radius 3 is 2.79 bits per heavy atom. The van der Waals surface area contributed by atoms with E-state index in [1.165, 1.54) is 24.6 Å². The molecule has 2 rings (SSSR count). The van der Waals surface area contributed by atoms with Gasteiger partial charge >= 0.3 is 0 Å². The quantitative estimate of drug-likeness (QED) is 0.790. The second-order valence-electron chi connectivity index (χ2n) is 4.44. The van der Waals surface area contributed by atoms with Gasteiger partial charge in [0.05, 0.1) is 0 Å². The van der Waals surface area contributed by atoms with Crippen molar-refractivity contribution in [3.05, 3.63) is 28.2 Å². The van der Waals surface area contributed by atoms with Gasteiger partial charge in [0.15, 0.2) is 0 Å². The Labute approximate surface area is 132 Å². The van der Waals surface area contributed by atoms with Crippen LogP contribution in [0.25, 0.3) is 0 Å². The number of nitrogens with zero attached hydrogens (tertiary/aromatic N) is 1. The number of benzene rings is 1. The molecule has 104 valence electrons. The fraction of sp³-hybridized carbons (Fsp3) is 0.462. The third-order valence-electron chi connectivity index (χ3n) is 3.10. The Morgan fingerprint density at radius 2 is 2.16 bits per heavy atom. The third-order valence-corrected chi connectivity index (χ3v) is 4.91. The second-order valence-corrected chi connectivity index (χ2v) is 6.96. The molecule has 19 heavy (non-hydrogen) atoms. The van der Waals surface area contributed by atoms with E-state index in [1.807, 2.05) is 30.0 Å². The Morgan fingerprint density at radius 1 is 1.42 bits per heavy atom. The zero-order valence-electron chi connectivity index (χ0n) is 10.7. The highest BCUT2D eigenvalue weighted by atomic mass is 79.9. The fourth-order valence-corrected chi connectivity index (χ4v) is 3.89. The van der Waals surface area contributed by atoms with Crippen LogP contribution in [0.3, 0.4) is 0 Å². The van der Waals surface area contributed by atoms with Crippen molar-refractivity contribution in [2.24, 2.45) is 5.73 Å². The molecule has 1 aliphatic heterocycles. The monoisotopic (exact) mass is 359 g/mol. The molecule has 0 bridgehead atoms. The number of thioether (sulfide) groups is 1. The normalized spacial score (nSPS) is 16.3. The van der Waals surface area contributed by atoms with Crippen LogP contribution in [-0.4, -0.2) is 47.6 Å². The van der Waals surface area contributed by atoms with Gasteiger partial charge in [-0.05, 0) is 34.1 Å². The van der Waals surface area contributed by atoms with Crippen molar-refractivity contribution in [1.82, 2.24) is 4.90 Å². The molecule has 1 aromatic rings. The second kappa shape index (κ2) is 7.47. The summed E-state index contributed by atoms with van der Waals surface area (Å²) < 4.78 is 0.944. The first-order valence-corrected chi connectivity index (χ1v) is 8.66. The van der Waals surface area contributed by atoms with E-state index in [0.29, 0.717) is 4.99 Å². The van der Waals surface area contributed by atoms with Crippen molar-refractivity contribution >= 4 is 50.6 Å². The third kappa shape index (κ3) is 4.63. The Bertz CT molecular complexity index is 448. The van der Waals surface area contributed by atoms with Crippen molar-refractivity contribution in [1.29, 1.82) is 0 Å². The van der Waals surface area contributed by atoms with Gasteiger partial charge in [-0.3, -0.25) is 4.90 Å². The molecule has 3 N–H and O–H groups in total. The van der Waals surface area contributed by atoms with Crippen molar-refractivity contribution in [3.63, 3.8) is 0 Å². The zero-order chi connectivity index (χ0) is 13.7. The molecule has 1 aromatic carbocycles. The highest BCUT2D eigenvalue weighted by Crippen LogP contribution is 2.21. The Kier molecular flexibility index (Phi) is 5.94. The maximum absolute atomic E-state index is 5.63. The molecule has 0 atom stereocenters. The van der Waals surface area contributed by atoms with Crippen molar-refractivity contribution in [2.45, 2.75) is 0 Å². The minimum absolute atomic E-state index is 0.421. The average molecular weight is 360 g/mol. The molecule has 1 aliphatic rings. The highest BCUT2D eigenvalue weighted by molar-refractivity contribution is 9.10. The number of rotatable bonds is 5. The van der Waals surface area contributed by atoms with Gasteiger partial charge in [-0.25, -0.2) is 0 Å². The zero-order valence-corrected chi connectivity index (χ0v) is 13.9. The summed E-state index contributed by atoms with van der Waals surface area (Å²) in [6, 6.07) is 6.00. The van der Waals surface area contributed by atoms with E-state index >= 15 is 0 Å². The van der Waals surface area contributed by atoms with Crippen LogP contribution in [0.5, 0.6) is 0 Å². The van der Waals surface area contributed by atoms with Crippen LogP contribution in [0.1, 0.15) is 5.56 Å². The molecule has 0 amide bonds. The van der Waals surface area contributed by atoms with Crippen LogP contribution < -0.4 is 11.1 Å². The summed E-state index contributed by atoms with van der Waals surface area (Å²) in [6.07, 6.45) is 0. The van der Waals surface area contributed by atoms with Gasteiger partial charge in [0.2, 0.25) is 0 Å². The Balaban J connectivity index is 1.82. The lowest BCUT2D eigenvalue weighted by molar-refractivity contribution is 0.314. The minimum atomic E-state index is 0.421. The summed E-state index contributed by atoms with van der Waals surface area (Å²) in [7, 11) is 0. The topological polar surface area (TPSA) is 41.3 Å². The lowest BCUT2D eigenvalue weighted by Gasteiger charge is -2.26. The number of thiocarbonyl (C=S) groups is 1. The van der Waals surface area contributed by atoms with Crippen LogP contribution in [0.2, 0.25) is 0 Å². The van der Waals surface area contributed by atoms with Crippen LogP contribution in [0, 0.1) is 0 Å². The standard InChI is InChI=1S/C13H18BrN3S2/c14-12-9-10(1-2-11(12)13(15)18)16-3-4-17-5-7-19-8-6-17/h1-2,9,16H,3-8H2,(H2,15,18). The molecular weight excluding hydrogens is 342 g/mol. The van der Waals surface area contributed by atoms with Gasteiger partial charge < -0.3 is 11.1 Å². The first kappa shape index (κ1) is 15.1. The van der Waals surface area contributed by atoms with E-state index in [0.717, 1.165) is 28.8 Å². The van der Waals surface area contributed by atoms with Crippen LogP contribution in [0.15, 0.2) is 22.7 Å². The van der Waals surface area contributed by atoms with E-state index in [2.05, 4.69) is 26.1 Å². The number of hydrogen-bond donors (Lipinski definition) is 2. The minimum Gasteiger partial charge on any atom is -0.389 e. The summed E-state index contributed by atoms with van der Waals surface area (Å²) in [5, 5.41) is 3.44. The van der Waals surface area contributed by atoms with Crippen molar-refractivity contribution in [2.75, 3.05) is 43.0 Å². The Hall–Kier alpha value is -0.300. The fourth-order valence-electron chi connectivity index (χ4n) is 2.01. The molecule has 0 spiro atoms. The summed E-state index contributed by atoms with van der Waals surface area (Å²) in [4.78, 5) is 2.92. The van der Waals surface area contributed by atoms with Crippen LogP contribution >= 0.6 is 39.9 Å². The van der Waals surface area contributed by atoms with Crippen molar-refractivity contribution in [3.8, 4) is 0 Å². The van der Waals surface area contributed by atoms with Crippen molar-refractivity contribution < 1.29 is 0 Å². The van der Waals surface area contributed by atoms with Gasteiger partial charge in [-0.2, -0.15) is 11.8 Å². The molecule has 6 heteroatoms. The first-order chi connectivity index (χ1) is 9.16. The molecule has 0 saturated carbocycles. The molecule has 3 nitrogen and oxygen atoms in total. The van der Waals surface area contributed by atoms with Gasteiger partial charge in [0, 0.05) is 53.4 Å². The smallest absolute Gasteiger partial charge is 0.105 e. The molecule has 1 saturated heterocycles. The number of nitrogens with one attached hydrogen (secondary N) is 1. The molecule has 0 aliphatic carbocycles. The lowest BCUT2D eigenvalue weighted by atomic mass is 10.2. The van der Waals surface area contributed by atoms with Crippen LogP contribution in [-0.2, 0) is 0 Å². The van der Waals surface area contributed by atoms with Gasteiger partial charge in [0.25, 0.3) is 0 Å². The number of hydrogen-bond acceptors (Lipinski definition) is 4. The maximum atomic E-state index is 5.63. The molecular formula is C13H18BrN3S2. The molecule has 0 aromatic heterocycles. The van der Waals surface area contributed by atoms with E-state index in [-0.39, 0.29) is 0 Å². The number of anilines is 1. The summed E-state index contributed by atoms with van der Waals surface area (Å²) in [6.45, 7) is 4.46. The summed E-state index contributed by atoms with van der Waals surface area (Å²) >= 11 is 10.5. The van der Waals surface area contributed by atoms with E-state index in [4.69, 9.17) is 18.0 Å². The van der Waals surface area contributed by atoms with Crippen LogP contribution in [0.4, 0.5) is 5.69 Å². The van der Waals surface area contributed by atoms with E-state index in [9.17, 15) is 0 Å². The summed E-state index contributed by atoms with van der Waals surface area (Å²) in [5.41, 5.74) is 7.61. The summed E-state index contributed by atoms with van der Waals surface area (Å²) in [5.74, 6) is 2.52. The average Bonchev–Trinajstić information content (AvgIpc) is 2.39. The SMILES string of the molecule is NC(=S)c1ccc(NCCN2CCSCC2)cc1Br.